The number of rotatable bonds is 3. The van der Waals surface area contributed by atoms with E-state index >= 15 is 0 Å². The van der Waals surface area contributed by atoms with E-state index in [1.807, 2.05) is 6.07 Å². The summed E-state index contributed by atoms with van der Waals surface area (Å²) in [5, 5.41) is 0.777. The van der Waals surface area contributed by atoms with Gasteiger partial charge in [-0.25, -0.2) is 4.39 Å². The number of hydrogen-bond acceptors (Lipinski definition) is 1. The van der Waals surface area contributed by atoms with E-state index in [1.54, 1.807) is 24.3 Å². The smallest absolute Gasteiger partial charge is 0.131 e. The van der Waals surface area contributed by atoms with E-state index in [0.29, 0.717) is 34.1 Å². The zero-order chi connectivity index (χ0) is 13.1. The number of halogens is 3. The van der Waals surface area contributed by atoms with Crippen molar-refractivity contribution in [3.05, 3.63) is 57.8 Å². The molecule has 0 bridgehead atoms. The van der Waals surface area contributed by atoms with Crippen molar-refractivity contribution >= 4 is 23.2 Å². The third-order valence-corrected chi connectivity index (χ3v) is 3.55. The minimum Gasteiger partial charge on any atom is -0.330 e. The fourth-order valence-electron chi connectivity index (χ4n) is 1.93. The molecule has 0 fully saturated rings. The van der Waals surface area contributed by atoms with Crippen LogP contribution in [-0.2, 0) is 6.42 Å². The number of nitrogens with two attached hydrogens (primary N) is 1. The topological polar surface area (TPSA) is 26.0 Å². The lowest BCUT2D eigenvalue weighted by atomic mass is 9.97. The Labute approximate surface area is 115 Å². The van der Waals surface area contributed by atoms with E-state index in [0.717, 1.165) is 5.56 Å². The van der Waals surface area contributed by atoms with Gasteiger partial charge in [-0.2, -0.15) is 0 Å². The molecule has 2 aromatic carbocycles. The highest BCUT2D eigenvalue weighted by Gasteiger charge is 2.14. The summed E-state index contributed by atoms with van der Waals surface area (Å²) in [4.78, 5) is 0. The molecule has 0 amide bonds. The first-order chi connectivity index (χ1) is 8.65. The summed E-state index contributed by atoms with van der Waals surface area (Å²) < 4.78 is 14.0. The van der Waals surface area contributed by atoms with E-state index in [9.17, 15) is 4.39 Å². The molecule has 0 saturated heterocycles. The van der Waals surface area contributed by atoms with E-state index in [1.165, 1.54) is 6.07 Å². The van der Waals surface area contributed by atoms with Crippen LogP contribution in [0, 0.1) is 5.82 Å². The van der Waals surface area contributed by atoms with Crippen LogP contribution >= 0.6 is 23.2 Å². The van der Waals surface area contributed by atoms with Gasteiger partial charge in [0.25, 0.3) is 0 Å². The van der Waals surface area contributed by atoms with Crippen LogP contribution in [0.1, 0.15) is 5.56 Å². The quantitative estimate of drug-likeness (QED) is 0.893. The lowest BCUT2D eigenvalue weighted by molar-refractivity contribution is 0.629. The summed E-state index contributed by atoms with van der Waals surface area (Å²) in [7, 11) is 0. The van der Waals surface area contributed by atoms with Crippen molar-refractivity contribution in [3.8, 4) is 11.1 Å². The molecular weight excluding hydrogens is 272 g/mol. The summed E-state index contributed by atoms with van der Waals surface area (Å²) >= 11 is 12.1. The first-order valence-electron chi connectivity index (χ1n) is 5.57. The van der Waals surface area contributed by atoms with Crippen LogP contribution in [-0.4, -0.2) is 6.54 Å². The zero-order valence-corrected chi connectivity index (χ0v) is 11.1. The third-order valence-electron chi connectivity index (χ3n) is 2.73. The van der Waals surface area contributed by atoms with Gasteiger partial charge in [-0.15, -0.1) is 0 Å². The van der Waals surface area contributed by atoms with Gasteiger partial charge in [0.2, 0.25) is 0 Å². The monoisotopic (exact) mass is 283 g/mol. The fourth-order valence-corrected chi connectivity index (χ4v) is 2.33. The van der Waals surface area contributed by atoms with Gasteiger partial charge in [0.1, 0.15) is 5.82 Å². The van der Waals surface area contributed by atoms with Crippen LogP contribution in [0.25, 0.3) is 11.1 Å². The van der Waals surface area contributed by atoms with E-state index in [-0.39, 0.29) is 5.82 Å². The van der Waals surface area contributed by atoms with E-state index in [4.69, 9.17) is 28.9 Å². The van der Waals surface area contributed by atoms with Gasteiger partial charge in [0.15, 0.2) is 0 Å². The van der Waals surface area contributed by atoms with Crippen LogP contribution in [0.3, 0.4) is 0 Å². The average Bonchev–Trinajstić information content (AvgIpc) is 2.34. The third kappa shape index (κ3) is 2.51. The molecule has 0 aliphatic heterocycles. The predicted molar refractivity (Wildman–Crippen MR) is 74.6 cm³/mol. The van der Waals surface area contributed by atoms with Crippen molar-refractivity contribution in [1.29, 1.82) is 0 Å². The maximum absolute atomic E-state index is 14.0. The summed E-state index contributed by atoms with van der Waals surface area (Å²) in [6.07, 6.45) is 0.593. The number of hydrogen-bond donors (Lipinski definition) is 1. The van der Waals surface area contributed by atoms with Gasteiger partial charge in [-0.05, 0) is 30.7 Å². The Kier molecular flexibility index (Phi) is 4.23. The molecule has 0 radical (unpaired) electrons. The molecule has 18 heavy (non-hydrogen) atoms. The zero-order valence-electron chi connectivity index (χ0n) is 9.59. The van der Waals surface area contributed by atoms with E-state index in [2.05, 4.69) is 0 Å². The molecule has 0 saturated carbocycles. The normalized spacial score (nSPS) is 10.7. The van der Waals surface area contributed by atoms with Gasteiger partial charge in [0, 0.05) is 11.1 Å². The molecule has 0 aliphatic rings. The largest absolute Gasteiger partial charge is 0.330 e. The Morgan fingerprint density at radius 1 is 1.06 bits per heavy atom. The lowest BCUT2D eigenvalue weighted by Gasteiger charge is -2.12. The second-order valence-electron chi connectivity index (χ2n) is 3.91. The van der Waals surface area contributed by atoms with Gasteiger partial charge in [0.05, 0.1) is 10.0 Å². The first kappa shape index (κ1) is 13.3. The van der Waals surface area contributed by atoms with Crippen molar-refractivity contribution < 1.29 is 4.39 Å². The fraction of sp³-hybridized carbons (Fsp3) is 0.143. The second kappa shape index (κ2) is 5.70. The highest BCUT2D eigenvalue weighted by molar-refractivity contribution is 6.43. The van der Waals surface area contributed by atoms with Crippen molar-refractivity contribution in [2.45, 2.75) is 6.42 Å². The minimum absolute atomic E-state index is 0.315. The Morgan fingerprint density at radius 3 is 2.50 bits per heavy atom. The molecule has 94 valence electrons. The van der Waals surface area contributed by atoms with Gasteiger partial charge in [-0.1, -0.05) is 47.5 Å². The Hall–Kier alpha value is -1.09. The van der Waals surface area contributed by atoms with Crippen LogP contribution in [0.2, 0.25) is 10.0 Å². The summed E-state index contributed by atoms with van der Waals surface area (Å²) in [6.45, 7) is 0.453. The first-order valence-corrected chi connectivity index (χ1v) is 6.32. The molecule has 0 heterocycles. The van der Waals surface area contributed by atoms with Crippen molar-refractivity contribution in [3.63, 3.8) is 0 Å². The predicted octanol–water partition coefficient (Wildman–Crippen LogP) is 4.30. The molecule has 2 N–H and O–H groups in total. The molecule has 4 heteroatoms. The molecular formula is C14H12Cl2FN. The van der Waals surface area contributed by atoms with Crippen molar-refractivity contribution in [2.75, 3.05) is 6.54 Å². The summed E-state index contributed by atoms with van der Waals surface area (Å²) in [5.41, 5.74) is 7.46. The summed E-state index contributed by atoms with van der Waals surface area (Å²) in [5.74, 6) is -0.315. The average molecular weight is 284 g/mol. The molecule has 0 aliphatic carbocycles. The molecule has 0 unspecified atom stereocenters. The Bertz CT molecular complexity index is 570. The van der Waals surface area contributed by atoms with Gasteiger partial charge in [-0.3, -0.25) is 0 Å². The number of benzene rings is 2. The SMILES string of the molecule is NCCc1cccc(F)c1-c1cccc(Cl)c1Cl. The molecule has 1 nitrogen and oxygen atoms in total. The second-order valence-corrected chi connectivity index (χ2v) is 4.70. The van der Waals surface area contributed by atoms with Crippen molar-refractivity contribution in [1.82, 2.24) is 0 Å². The minimum atomic E-state index is -0.315. The van der Waals surface area contributed by atoms with Crippen LogP contribution < -0.4 is 5.73 Å². The molecule has 0 spiro atoms. The van der Waals surface area contributed by atoms with Crippen LogP contribution in [0.15, 0.2) is 36.4 Å². The maximum atomic E-state index is 14.0. The molecule has 2 aromatic rings. The van der Waals surface area contributed by atoms with Crippen LogP contribution in [0.5, 0.6) is 0 Å². The van der Waals surface area contributed by atoms with Crippen LogP contribution in [0.4, 0.5) is 4.39 Å². The van der Waals surface area contributed by atoms with E-state index < -0.39 is 0 Å². The van der Waals surface area contributed by atoms with Gasteiger partial charge < -0.3 is 5.73 Å². The van der Waals surface area contributed by atoms with Crippen molar-refractivity contribution in [2.24, 2.45) is 5.73 Å². The Balaban J connectivity index is 2.66. The van der Waals surface area contributed by atoms with Gasteiger partial charge >= 0.3 is 0 Å². The molecule has 0 aromatic heterocycles. The highest BCUT2D eigenvalue weighted by Crippen LogP contribution is 2.36. The highest BCUT2D eigenvalue weighted by atomic mass is 35.5. The summed E-state index contributed by atoms with van der Waals surface area (Å²) in [6, 6.07) is 10.1. The molecule has 0 atom stereocenters. The lowest BCUT2D eigenvalue weighted by Crippen LogP contribution is -2.05. The standard InChI is InChI=1S/C14H12Cl2FN/c15-11-5-2-4-10(14(11)16)13-9(7-8-18)3-1-6-12(13)17/h1-6H,7-8,18H2. The molecule has 2 rings (SSSR count). The Morgan fingerprint density at radius 2 is 1.78 bits per heavy atom. The maximum Gasteiger partial charge on any atom is 0.131 e.